The van der Waals surface area contributed by atoms with Crippen LogP contribution in [0.5, 0.6) is 0 Å². The maximum Gasteiger partial charge on any atom is 0.418 e. The molecule has 47 heteroatoms. The van der Waals surface area contributed by atoms with Crippen molar-refractivity contribution in [2.75, 3.05) is 65.4 Å². The number of amides is 12. The van der Waals surface area contributed by atoms with Gasteiger partial charge >= 0.3 is 46.6 Å². The van der Waals surface area contributed by atoms with Gasteiger partial charge in [-0.15, -0.1) is 16.6 Å². The van der Waals surface area contributed by atoms with Crippen LogP contribution < -0.4 is 5.73 Å². The number of hydrogen-bond acceptors (Lipinski definition) is 30. The molecule has 7 aromatic rings. The van der Waals surface area contributed by atoms with Crippen LogP contribution in [0.3, 0.4) is 0 Å². The number of unbranched alkanes of at least 4 members (excludes halogenated alkanes) is 4. The number of quaternary nitrogens is 1. The summed E-state index contributed by atoms with van der Waals surface area (Å²) in [6, 6.07) is 32.8. The highest BCUT2D eigenvalue weighted by Crippen LogP contribution is 2.44. The van der Waals surface area contributed by atoms with Crippen LogP contribution in [-0.2, 0) is 89.5 Å². The summed E-state index contributed by atoms with van der Waals surface area (Å²) in [4.78, 5) is 100. The van der Waals surface area contributed by atoms with Gasteiger partial charge in [-0.2, -0.15) is 38.0 Å². The van der Waals surface area contributed by atoms with Gasteiger partial charge in [-0.25, -0.2) is 42.2 Å². The van der Waals surface area contributed by atoms with Crippen molar-refractivity contribution in [3.8, 4) is 12.3 Å². The summed E-state index contributed by atoms with van der Waals surface area (Å²) in [5.41, 5.74) is 11.4. The van der Waals surface area contributed by atoms with E-state index in [-0.39, 0.29) is 96.3 Å². The molecule has 145 heavy (non-hydrogen) atoms. The maximum absolute atomic E-state index is 12.7. The number of aromatic nitrogens is 4. The smallest absolute Gasteiger partial charge is 0.418 e. The lowest BCUT2D eigenvalue weighted by Gasteiger charge is -2.39. The number of oxime groups is 2. The highest BCUT2D eigenvalue weighted by atomic mass is 35.5. The first-order valence-corrected chi connectivity index (χ1v) is 53.4. The number of rotatable bonds is 35. The Morgan fingerprint density at radius 2 is 0.772 bits per heavy atom. The van der Waals surface area contributed by atoms with Crippen molar-refractivity contribution in [1.82, 2.24) is 80.4 Å². The Kier molecular flexibility index (Phi) is 41.5. The molecule has 0 unspecified atom stereocenters. The average molecular weight is 2080 g/mol. The van der Waals surface area contributed by atoms with Gasteiger partial charge in [-0.1, -0.05) is 215 Å². The number of halogens is 1. The van der Waals surface area contributed by atoms with E-state index in [1.807, 2.05) is 136 Å². The van der Waals surface area contributed by atoms with E-state index in [2.05, 4.69) is 73.1 Å². The summed E-state index contributed by atoms with van der Waals surface area (Å²) < 4.78 is 93.1. The van der Waals surface area contributed by atoms with E-state index in [9.17, 15) is 55.4 Å². The molecule has 794 valence electrons. The van der Waals surface area contributed by atoms with E-state index in [1.54, 1.807) is 31.9 Å². The summed E-state index contributed by atoms with van der Waals surface area (Å²) in [6.45, 7) is 27.3. The third kappa shape index (κ3) is 29.3. The van der Waals surface area contributed by atoms with Crippen molar-refractivity contribution in [3.63, 3.8) is 0 Å². The second-order valence-corrected chi connectivity index (χ2v) is 39.8. The van der Waals surface area contributed by atoms with Gasteiger partial charge < -0.3 is 72.7 Å². The summed E-state index contributed by atoms with van der Waals surface area (Å²) in [5.74, 6) is 5.34. The van der Waals surface area contributed by atoms with Gasteiger partial charge in [-0.05, 0) is 119 Å². The van der Waals surface area contributed by atoms with Gasteiger partial charge in [0.1, 0.15) is 59.9 Å². The predicted octanol–water partition coefficient (Wildman–Crippen LogP) is 15.5. The Hall–Kier alpha value is -11.6. The molecular formula is C98H139ClN20O24S2. The third-order valence-corrected chi connectivity index (χ3v) is 28.7. The van der Waals surface area contributed by atoms with E-state index < -0.39 is 44.9 Å². The second kappa shape index (κ2) is 53.7. The van der Waals surface area contributed by atoms with Crippen LogP contribution in [0, 0.1) is 12.3 Å². The number of fused-ring (bicyclic) bond motifs is 12. The number of hydroxylamine groups is 12. The van der Waals surface area contributed by atoms with Crippen LogP contribution in [-0.4, -0.2) is 288 Å². The number of piperidine rings is 6. The number of urea groups is 6. The molecule has 0 aliphatic carbocycles. The summed E-state index contributed by atoms with van der Waals surface area (Å²) in [5, 5.41) is 55.8. The number of carbonyl (C=O) groups excluding carboxylic acids is 6. The molecule has 12 saturated heterocycles. The zero-order chi connectivity index (χ0) is 104. The molecule has 12 amide bonds. The minimum absolute atomic E-state index is 0.0110. The second-order valence-electron chi connectivity index (χ2n) is 37.4. The van der Waals surface area contributed by atoms with Gasteiger partial charge in [-0.3, -0.25) is 24.3 Å². The van der Waals surface area contributed by atoms with Crippen molar-refractivity contribution in [3.05, 3.63) is 178 Å². The van der Waals surface area contributed by atoms with Crippen molar-refractivity contribution in [1.29, 1.82) is 0 Å². The summed E-state index contributed by atoms with van der Waals surface area (Å²) in [6.07, 6.45) is 29.1. The fourth-order valence-corrected chi connectivity index (χ4v) is 20.8. The van der Waals surface area contributed by atoms with Crippen molar-refractivity contribution in [2.45, 2.75) is 308 Å². The molecule has 44 nitrogen and oxygen atoms in total. The molecule has 12 atom stereocenters. The maximum atomic E-state index is 12.7. The zero-order valence-electron chi connectivity index (χ0n) is 83.6. The van der Waals surface area contributed by atoms with E-state index in [1.165, 1.54) is 108 Å². The van der Waals surface area contributed by atoms with Gasteiger partial charge in [0.15, 0.2) is 10.9 Å². The van der Waals surface area contributed by atoms with E-state index >= 15 is 0 Å². The molecular weight excluding hydrogens is 1940 g/mol. The largest absolute Gasteiger partial charge is 0.724 e. The molecule has 19 rings (SSSR count). The Morgan fingerprint density at radius 1 is 0.462 bits per heavy atom. The van der Waals surface area contributed by atoms with Gasteiger partial charge in [0, 0.05) is 89.2 Å². The lowest BCUT2D eigenvalue weighted by Crippen LogP contribution is -2.50. The van der Waals surface area contributed by atoms with Crippen LogP contribution in [0.2, 0.25) is 0 Å². The molecule has 0 radical (unpaired) electrons. The highest BCUT2D eigenvalue weighted by Gasteiger charge is 2.54. The molecule has 12 aliphatic rings. The predicted molar refractivity (Wildman–Crippen MR) is 525 cm³/mol. The van der Waals surface area contributed by atoms with Crippen molar-refractivity contribution in [2.24, 2.45) is 16.0 Å². The molecule has 4 aromatic heterocycles. The topological polar surface area (TPSA) is 515 Å². The fraction of sp³-hybridized carbons (Fsp3) is 0.592. The first-order chi connectivity index (χ1) is 69.9. The van der Waals surface area contributed by atoms with Gasteiger partial charge in [0.05, 0.1) is 111 Å². The Balaban J connectivity index is 0.000000150. The fourth-order valence-electron chi connectivity index (χ4n) is 19.9. The SMILES string of the molecule is C#CCC.CCCC[N+](CCCC)(CCCC)CCCC.CCc1cc([C@@H]2CC[C@@H]3CN2C(=O)N3O)no1.CCc1cc([C@@H]2CC[C@@H]3CN2C(=O)N3OCc2ccccc2)no1.CCc1cc([C@@H]2CC[C@@H]3CN2C(=O)N3OS(=O)(=O)[O-])no1.NCc1cc([C@@H]2CC[C@@H]3CN2C(=O)N3OS(=O)(=O)O)no1.O=C1N2C[C@@H](CC[C@H]2/C(Cl)=N/O)N1OCc1ccccc1.O=C1N2C[C@@H](CC[C@H]2/C=N/O)N1OCc1ccccc1. The Bertz CT molecular complexity index is 5500. The first-order valence-electron chi connectivity index (χ1n) is 50.4. The number of nitrogens with zero attached hydrogens (tertiary/aromatic N) is 19. The molecule has 16 heterocycles. The minimum atomic E-state index is -4.97. The standard InChI is InChI=1S/C18H21N3O3.C16H36N.C14H16ClN3O3.C14H17N3O3.C11H15N3O6S.C11H15N3O3.C10H14N4O6S.C4H6/c1-2-15-10-16(19-24-15)17-9-8-14-11-20(17)18(22)21(14)23-12-13-6-4-3-5-7-13;1-5-9-13-17(14-10-6-2,15-11-7-3)16-12-8-4;15-13(16-20)12-7-6-11-8-17(12)14(19)18(11)21-9-10-4-2-1-3-5-10;18-14-16-9-13(7-6-12(16)8-15-19)17(14)20-10-11-4-2-1-3-5-11;1-2-8-5-9(12-19-8)10-4-3-7-6-13(10)11(15)14(7)20-21(16,17)18;1-2-8-5-9(12-17-8)10-4-3-7-6-13(10)11(15)14(7)16;11-4-7-3-8(12-19-7)9-2-1-6-5-13(9)10(15)14(6)20-21(16,17)18;1-3-4-2/h3-7,10,14,17H,2,8-9,11-12H2,1H3;5-16H2,1-4H3;1-5,11-12,20H,6-9H2;1-5,8,12-13,19H,6-7,9-10H2;5,7,10H,2-4,6H2,1H3,(H,16,17,18);5,7,10,16H,2-4,6H2,1H3;3,6,9H,1-2,4-5,11H2,(H,16,17,18);1H,4H2,2H3/q;+1;;;;;;/p-1/b;;16-13-;15-8+;;;;/t14-,17+;;11-,12+;12-,13+;2*7-,10+;6-,9+;/m1.10111./s1. The number of carbonyl (C=O) groups is 6. The third-order valence-electron chi connectivity index (χ3n) is 27.7. The average Bonchev–Trinajstić information content (AvgIpc) is 1.60. The molecule has 12 aliphatic heterocycles. The molecule has 0 spiro atoms. The van der Waals surface area contributed by atoms with Gasteiger partial charge in [0.25, 0.3) is 0 Å². The summed E-state index contributed by atoms with van der Waals surface area (Å²) >= 11 is 5.87. The normalized spacial score (nSPS) is 23.4. The van der Waals surface area contributed by atoms with E-state index in [4.69, 9.17) is 71.3 Å². The number of benzene rings is 3. The highest BCUT2D eigenvalue weighted by molar-refractivity contribution is 7.81. The number of hydrogen-bond donors (Lipinski definition) is 5. The van der Waals surface area contributed by atoms with E-state index in [0.29, 0.717) is 131 Å². The monoisotopic (exact) mass is 2080 g/mol. The zero-order valence-corrected chi connectivity index (χ0v) is 86.0. The van der Waals surface area contributed by atoms with Crippen molar-refractivity contribution < 1.29 is 116 Å². The summed E-state index contributed by atoms with van der Waals surface area (Å²) in [7, 11) is -9.70. The first kappa shape index (κ1) is 112. The lowest BCUT2D eigenvalue weighted by atomic mass is 9.98. The number of terminal acetylenes is 1. The Morgan fingerprint density at radius 3 is 1.11 bits per heavy atom. The van der Waals surface area contributed by atoms with Crippen LogP contribution in [0.15, 0.2) is 144 Å². The van der Waals surface area contributed by atoms with Crippen LogP contribution in [0.25, 0.3) is 0 Å². The molecule has 6 N–H and O–H groups in total. The van der Waals surface area contributed by atoms with Crippen LogP contribution in [0.1, 0.15) is 277 Å². The minimum Gasteiger partial charge on any atom is -0.724 e. The van der Waals surface area contributed by atoms with E-state index in [0.717, 1.165) is 109 Å². The number of aryl methyl sites for hydroxylation is 3. The van der Waals surface area contributed by atoms with Crippen LogP contribution in [0.4, 0.5) is 28.8 Å². The van der Waals surface area contributed by atoms with Crippen molar-refractivity contribution >= 4 is 80.0 Å². The van der Waals surface area contributed by atoms with Crippen LogP contribution >= 0.6 is 11.6 Å². The lowest BCUT2D eigenvalue weighted by molar-refractivity contribution is -0.929. The number of nitrogens with two attached hydrogens (primary N) is 1. The molecule has 12 bridgehead atoms. The molecule has 3 aromatic carbocycles. The quantitative estimate of drug-likeness (QED) is 0.00360. The molecule has 12 fully saturated rings. The van der Waals surface area contributed by atoms with Gasteiger partial charge in [0.2, 0.25) is 10.4 Å². The Labute approximate surface area is 851 Å². The molecule has 0 saturated carbocycles.